The Morgan fingerprint density at radius 1 is 1.23 bits per heavy atom. The lowest BCUT2D eigenvalue weighted by atomic mass is 9.77. The summed E-state index contributed by atoms with van der Waals surface area (Å²) in [6.45, 7) is 5.09. The van der Waals surface area contributed by atoms with Crippen molar-refractivity contribution in [3.63, 3.8) is 0 Å². The van der Waals surface area contributed by atoms with E-state index in [4.69, 9.17) is 11.6 Å². The van der Waals surface area contributed by atoms with E-state index < -0.39 is 11.6 Å². The highest BCUT2D eigenvalue weighted by atomic mass is 35.5. The Morgan fingerprint density at radius 2 is 1.93 bits per heavy atom. The number of piperazine rings is 1. The lowest BCUT2D eigenvalue weighted by Gasteiger charge is -2.35. The predicted molar refractivity (Wildman–Crippen MR) is 112 cm³/mol. The summed E-state index contributed by atoms with van der Waals surface area (Å²) in [6.07, 6.45) is 4.63. The Hall–Kier alpha value is -2.39. The maximum Gasteiger partial charge on any atom is 0.344 e. The molecule has 1 aromatic rings. The average Bonchev–Trinajstić information content (AvgIpc) is 2.96. The van der Waals surface area contributed by atoms with Gasteiger partial charge in [-0.2, -0.15) is 5.01 Å². The Morgan fingerprint density at radius 3 is 2.57 bits per heavy atom. The van der Waals surface area contributed by atoms with Gasteiger partial charge in [-0.1, -0.05) is 18.5 Å². The fourth-order valence-electron chi connectivity index (χ4n) is 4.37. The molecular formula is C20H27ClN6O3. The van der Waals surface area contributed by atoms with Crippen LogP contribution in [0.15, 0.2) is 18.3 Å². The van der Waals surface area contributed by atoms with Gasteiger partial charge in [0.15, 0.2) is 0 Å². The largest absolute Gasteiger partial charge is 0.354 e. The molecule has 4 amide bonds. The summed E-state index contributed by atoms with van der Waals surface area (Å²) in [6, 6.07) is 3.15. The van der Waals surface area contributed by atoms with Gasteiger partial charge in [-0.15, -0.1) is 0 Å². The summed E-state index contributed by atoms with van der Waals surface area (Å²) in [7, 11) is 0. The molecule has 3 fully saturated rings. The zero-order valence-corrected chi connectivity index (χ0v) is 17.8. The van der Waals surface area contributed by atoms with Gasteiger partial charge in [0.05, 0.1) is 11.6 Å². The Kier molecular flexibility index (Phi) is 5.84. The van der Waals surface area contributed by atoms with E-state index in [1.807, 2.05) is 17.0 Å². The highest BCUT2D eigenvalue weighted by molar-refractivity contribution is 6.30. The molecule has 0 aromatic carbocycles. The van der Waals surface area contributed by atoms with E-state index in [-0.39, 0.29) is 18.4 Å². The Bertz CT molecular complexity index is 816. The second-order valence-corrected chi connectivity index (χ2v) is 8.90. The molecule has 3 heterocycles. The number of aromatic nitrogens is 1. The minimum Gasteiger partial charge on any atom is -0.354 e. The van der Waals surface area contributed by atoms with Crippen LogP contribution in [-0.2, 0) is 9.59 Å². The third kappa shape index (κ3) is 4.22. The number of urea groups is 1. The van der Waals surface area contributed by atoms with Crippen molar-refractivity contribution in [2.75, 3.05) is 37.6 Å². The van der Waals surface area contributed by atoms with Crippen molar-refractivity contribution in [1.29, 1.82) is 0 Å². The summed E-state index contributed by atoms with van der Waals surface area (Å²) >= 11 is 5.89. The predicted octanol–water partition coefficient (Wildman–Crippen LogP) is 1.39. The van der Waals surface area contributed by atoms with Crippen LogP contribution >= 0.6 is 11.6 Å². The van der Waals surface area contributed by atoms with Crippen molar-refractivity contribution in [2.24, 2.45) is 5.92 Å². The first-order valence-corrected chi connectivity index (χ1v) is 10.8. The van der Waals surface area contributed by atoms with E-state index in [0.717, 1.165) is 36.8 Å². The summed E-state index contributed by atoms with van der Waals surface area (Å²) < 4.78 is 0. The second kappa shape index (κ2) is 8.39. The van der Waals surface area contributed by atoms with Crippen molar-refractivity contribution in [3.8, 4) is 0 Å². The number of carbonyl (C=O) groups is 3. The van der Waals surface area contributed by atoms with Crippen LogP contribution in [0.5, 0.6) is 0 Å². The van der Waals surface area contributed by atoms with Gasteiger partial charge in [-0.3, -0.25) is 19.9 Å². The number of halogens is 1. The quantitative estimate of drug-likeness (QED) is 0.695. The van der Waals surface area contributed by atoms with Gasteiger partial charge < -0.3 is 10.2 Å². The highest BCUT2D eigenvalue weighted by Crippen LogP contribution is 2.35. The van der Waals surface area contributed by atoms with Crippen molar-refractivity contribution in [2.45, 2.75) is 38.1 Å². The number of carbonyl (C=O) groups excluding carboxylic acids is 3. The molecule has 1 spiro atoms. The molecule has 30 heavy (non-hydrogen) atoms. The number of imide groups is 1. The average molecular weight is 435 g/mol. The van der Waals surface area contributed by atoms with Crippen molar-refractivity contribution in [1.82, 2.24) is 25.6 Å². The first kappa shape index (κ1) is 20.9. The van der Waals surface area contributed by atoms with Crippen LogP contribution in [0.4, 0.5) is 10.6 Å². The smallest absolute Gasteiger partial charge is 0.344 e. The molecule has 1 aliphatic carbocycles. The van der Waals surface area contributed by atoms with Crippen molar-refractivity contribution < 1.29 is 14.4 Å². The minimum atomic E-state index is -0.853. The summed E-state index contributed by atoms with van der Waals surface area (Å²) in [5.74, 6) is 0.699. The molecule has 0 unspecified atom stereocenters. The molecule has 9 nitrogen and oxygen atoms in total. The van der Waals surface area contributed by atoms with Crippen LogP contribution < -0.4 is 15.6 Å². The molecule has 2 N–H and O–H groups in total. The summed E-state index contributed by atoms with van der Waals surface area (Å²) in [5, 5.41) is 4.28. The van der Waals surface area contributed by atoms with Crippen molar-refractivity contribution in [3.05, 3.63) is 23.4 Å². The lowest BCUT2D eigenvalue weighted by molar-refractivity contribution is -0.140. The van der Waals surface area contributed by atoms with E-state index in [9.17, 15) is 14.4 Å². The number of amides is 4. The maximum absolute atomic E-state index is 12.8. The van der Waals surface area contributed by atoms with Gasteiger partial charge in [0.25, 0.3) is 11.8 Å². The third-order valence-electron chi connectivity index (χ3n) is 6.30. The monoisotopic (exact) mass is 434 g/mol. The number of hydrogen-bond donors (Lipinski definition) is 2. The molecule has 0 atom stereocenters. The SMILES string of the molecule is CC1CCC2(CC1)NC(=O)N(NC(=O)CN1CCN(c3ccc(Cl)cn3)CC1)C2=O. The summed E-state index contributed by atoms with van der Waals surface area (Å²) in [5.41, 5.74) is 1.66. The molecular weight excluding hydrogens is 408 g/mol. The Labute approximate surface area is 180 Å². The van der Waals surface area contributed by atoms with E-state index in [2.05, 4.69) is 27.6 Å². The van der Waals surface area contributed by atoms with Gasteiger partial charge in [0.2, 0.25) is 0 Å². The molecule has 10 heteroatoms. The molecule has 0 bridgehead atoms. The third-order valence-corrected chi connectivity index (χ3v) is 6.52. The van der Waals surface area contributed by atoms with E-state index in [0.29, 0.717) is 36.9 Å². The number of anilines is 1. The lowest BCUT2D eigenvalue weighted by Crippen LogP contribution is -2.54. The topological polar surface area (TPSA) is 97.9 Å². The molecule has 2 aliphatic heterocycles. The second-order valence-electron chi connectivity index (χ2n) is 8.47. The Balaban J connectivity index is 1.27. The van der Waals surface area contributed by atoms with E-state index >= 15 is 0 Å². The van der Waals surface area contributed by atoms with Gasteiger partial charge in [0.1, 0.15) is 11.4 Å². The normalized spacial score (nSPS) is 27.5. The number of pyridine rings is 1. The summed E-state index contributed by atoms with van der Waals surface area (Å²) in [4.78, 5) is 46.1. The number of hydrazine groups is 1. The number of nitrogens with zero attached hydrogens (tertiary/aromatic N) is 4. The molecule has 3 aliphatic rings. The van der Waals surface area contributed by atoms with Gasteiger partial charge in [-0.25, -0.2) is 9.78 Å². The van der Waals surface area contributed by atoms with E-state index in [1.165, 1.54) is 0 Å². The highest BCUT2D eigenvalue weighted by Gasteiger charge is 2.52. The zero-order chi connectivity index (χ0) is 21.3. The molecule has 2 saturated heterocycles. The first-order chi connectivity index (χ1) is 14.4. The van der Waals surface area contributed by atoms with Crippen molar-refractivity contribution >= 4 is 35.3 Å². The standard InChI is InChI=1S/C20H27ClN6O3/c1-14-4-6-20(7-5-14)18(29)27(19(30)23-20)24-17(28)13-25-8-10-26(11-9-25)16-3-2-15(21)12-22-16/h2-3,12,14H,4-11,13H2,1H3,(H,23,30)(H,24,28). The number of rotatable bonds is 4. The van der Waals surface area contributed by atoms with Gasteiger partial charge in [-0.05, 0) is 43.7 Å². The minimum absolute atomic E-state index is 0.128. The maximum atomic E-state index is 12.8. The number of hydrogen-bond acceptors (Lipinski definition) is 6. The number of nitrogens with one attached hydrogen (secondary N) is 2. The molecule has 0 radical (unpaired) electrons. The fourth-order valence-corrected chi connectivity index (χ4v) is 4.48. The van der Waals surface area contributed by atoms with Crippen LogP contribution in [0.3, 0.4) is 0 Å². The first-order valence-electron chi connectivity index (χ1n) is 10.4. The molecule has 1 saturated carbocycles. The van der Waals surface area contributed by atoms with Crippen LogP contribution in [0.1, 0.15) is 32.6 Å². The van der Waals surface area contributed by atoms with Crippen LogP contribution in [0, 0.1) is 5.92 Å². The fraction of sp³-hybridized carbons (Fsp3) is 0.600. The van der Waals surface area contributed by atoms with Crippen LogP contribution in [0.2, 0.25) is 5.02 Å². The van der Waals surface area contributed by atoms with Gasteiger partial charge in [0, 0.05) is 32.4 Å². The zero-order valence-electron chi connectivity index (χ0n) is 17.1. The molecule has 1 aromatic heterocycles. The molecule has 162 valence electrons. The molecule has 4 rings (SSSR count). The van der Waals surface area contributed by atoms with Gasteiger partial charge >= 0.3 is 6.03 Å². The van der Waals surface area contributed by atoms with Crippen LogP contribution in [-0.4, -0.2) is 71.0 Å². The van der Waals surface area contributed by atoms with E-state index in [1.54, 1.807) is 6.20 Å². The van der Waals surface area contributed by atoms with Crippen LogP contribution in [0.25, 0.3) is 0 Å².